The molecule has 3 heterocycles. The third-order valence-electron chi connectivity index (χ3n) is 8.06. The number of carbonyl (C=O) groups is 3. The van der Waals surface area contributed by atoms with Crippen LogP contribution in [0, 0.1) is 0 Å². The van der Waals surface area contributed by atoms with Gasteiger partial charge in [0, 0.05) is 92.5 Å². The summed E-state index contributed by atoms with van der Waals surface area (Å²) in [4.78, 5) is 32.7. The molecule has 10 nitrogen and oxygen atoms in total. The summed E-state index contributed by atoms with van der Waals surface area (Å²) in [6.45, 7) is 29.8. The Morgan fingerprint density at radius 2 is 0.721 bits per heavy atom. The van der Waals surface area contributed by atoms with Crippen LogP contribution in [0.5, 0.6) is 0 Å². The van der Waals surface area contributed by atoms with Crippen molar-refractivity contribution in [2.75, 3.05) is 0 Å². The van der Waals surface area contributed by atoms with Gasteiger partial charge >= 0.3 is 17.9 Å². The van der Waals surface area contributed by atoms with E-state index in [4.69, 9.17) is 20.1 Å². The largest absolute Gasteiger partial charge is 0.462 e. The zero-order valence-electron chi connectivity index (χ0n) is 29.9. The fourth-order valence-electron chi connectivity index (χ4n) is 7.61. The molecular formula is C33H64N4O6. The monoisotopic (exact) mass is 612 g/mol. The highest BCUT2D eigenvalue weighted by atomic mass is 16.5. The number of hydrazine groups is 1. The normalized spacial score (nSPS) is 26.0. The lowest BCUT2D eigenvalue weighted by Crippen LogP contribution is -2.65. The maximum atomic E-state index is 10.9. The first kappa shape index (κ1) is 39.3. The molecule has 0 bridgehead atoms. The van der Waals surface area contributed by atoms with Crippen molar-refractivity contribution in [3.63, 3.8) is 0 Å². The minimum absolute atomic E-state index is 0.0210. The number of ether oxygens (including phenoxy) is 3. The summed E-state index contributed by atoms with van der Waals surface area (Å²) in [6, 6.07) is 0. The molecule has 4 N–H and O–H groups in total. The fourth-order valence-corrected chi connectivity index (χ4v) is 7.61. The van der Waals surface area contributed by atoms with Crippen LogP contribution in [0.2, 0.25) is 0 Å². The van der Waals surface area contributed by atoms with Crippen LogP contribution in [0.4, 0.5) is 0 Å². The second-order valence-electron chi connectivity index (χ2n) is 16.7. The molecule has 0 spiro atoms. The van der Waals surface area contributed by atoms with Crippen molar-refractivity contribution in [1.82, 2.24) is 15.6 Å². The van der Waals surface area contributed by atoms with Crippen molar-refractivity contribution in [2.24, 2.45) is 5.84 Å². The Hall–Kier alpha value is -1.75. The Morgan fingerprint density at radius 3 is 0.930 bits per heavy atom. The van der Waals surface area contributed by atoms with Crippen molar-refractivity contribution in [2.45, 2.75) is 194 Å². The van der Waals surface area contributed by atoms with E-state index in [-0.39, 0.29) is 69.5 Å². The minimum Gasteiger partial charge on any atom is -0.462 e. The molecule has 3 saturated heterocycles. The molecule has 0 aromatic heterocycles. The number of nitrogens with zero attached hydrogens (tertiary/aromatic N) is 1. The van der Waals surface area contributed by atoms with Gasteiger partial charge in [0.1, 0.15) is 18.3 Å². The van der Waals surface area contributed by atoms with E-state index in [9.17, 15) is 14.4 Å². The van der Waals surface area contributed by atoms with Crippen molar-refractivity contribution >= 4 is 17.9 Å². The van der Waals surface area contributed by atoms with Gasteiger partial charge < -0.3 is 24.8 Å². The van der Waals surface area contributed by atoms with Gasteiger partial charge in [-0.2, -0.15) is 0 Å². The van der Waals surface area contributed by atoms with Gasteiger partial charge in [-0.05, 0) is 83.1 Å². The van der Waals surface area contributed by atoms with E-state index >= 15 is 0 Å². The van der Waals surface area contributed by atoms with Gasteiger partial charge in [0.05, 0.1) is 0 Å². The molecule has 3 rings (SSSR count). The highest BCUT2D eigenvalue weighted by molar-refractivity contribution is 5.66. The maximum Gasteiger partial charge on any atom is 0.302 e. The zero-order chi connectivity index (χ0) is 33.8. The number of nitrogens with two attached hydrogens (primary N) is 1. The van der Waals surface area contributed by atoms with E-state index < -0.39 is 0 Å². The molecule has 3 aliphatic rings. The molecule has 0 aromatic carbocycles. The van der Waals surface area contributed by atoms with Crippen LogP contribution < -0.4 is 16.5 Å². The fraction of sp³-hybridized carbons (Fsp3) is 0.909. The zero-order valence-corrected chi connectivity index (χ0v) is 29.9. The Morgan fingerprint density at radius 1 is 0.512 bits per heavy atom. The molecular weight excluding hydrogens is 548 g/mol. The first-order valence-electron chi connectivity index (χ1n) is 15.7. The van der Waals surface area contributed by atoms with Crippen molar-refractivity contribution in [3.05, 3.63) is 0 Å². The van der Waals surface area contributed by atoms with Crippen molar-refractivity contribution < 1.29 is 28.6 Å². The molecule has 0 atom stereocenters. The highest BCUT2D eigenvalue weighted by Crippen LogP contribution is 2.37. The van der Waals surface area contributed by atoms with Gasteiger partial charge in [-0.15, -0.1) is 0 Å². The van der Waals surface area contributed by atoms with Crippen LogP contribution in [-0.4, -0.2) is 74.5 Å². The molecule has 0 radical (unpaired) electrons. The smallest absolute Gasteiger partial charge is 0.302 e. The van der Waals surface area contributed by atoms with Crippen LogP contribution in [0.3, 0.4) is 0 Å². The lowest BCUT2D eigenvalue weighted by Gasteiger charge is -2.52. The summed E-state index contributed by atoms with van der Waals surface area (Å²) < 4.78 is 15.9. The second-order valence-corrected chi connectivity index (χ2v) is 16.7. The topological polar surface area (TPSA) is 132 Å². The number of hydrogen-bond acceptors (Lipinski definition) is 10. The van der Waals surface area contributed by atoms with Gasteiger partial charge in [0.25, 0.3) is 0 Å². The molecule has 3 aliphatic heterocycles. The summed E-state index contributed by atoms with van der Waals surface area (Å²) in [7, 11) is 0. The van der Waals surface area contributed by atoms with Gasteiger partial charge in [0.2, 0.25) is 0 Å². The first-order chi connectivity index (χ1) is 19.1. The van der Waals surface area contributed by atoms with Gasteiger partial charge in [-0.1, -0.05) is 0 Å². The number of piperidine rings is 3. The van der Waals surface area contributed by atoms with Gasteiger partial charge in [-0.25, -0.2) is 5.01 Å². The number of carbonyl (C=O) groups excluding carboxylic acids is 3. The maximum absolute atomic E-state index is 10.9. The number of rotatable bonds is 3. The highest BCUT2D eigenvalue weighted by Gasteiger charge is 2.45. The van der Waals surface area contributed by atoms with Crippen LogP contribution in [0.15, 0.2) is 0 Å². The lowest BCUT2D eigenvalue weighted by molar-refractivity contribution is -0.158. The molecule has 0 saturated carbocycles. The average Bonchev–Trinajstić information content (AvgIpc) is 2.66. The molecule has 43 heavy (non-hydrogen) atoms. The Balaban J connectivity index is 0.000000323. The van der Waals surface area contributed by atoms with Gasteiger partial charge in [0.15, 0.2) is 0 Å². The molecule has 10 heteroatoms. The predicted molar refractivity (Wildman–Crippen MR) is 171 cm³/mol. The third-order valence-corrected chi connectivity index (χ3v) is 8.06. The van der Waals surface area contributed by atoms with Crippen molar-refractivity contribution in [1.29, 1.82) is 0 Å². The molecule has 0 amide bonds. The van der Waals surface area contributed by atoms with E-state index in [1.54, 1.807) is 0 Å². The molecule has 0 unspecified atom stereocenters. The minimum atomic E-state index is -0.211. The van der Waals surface area contributed by atoms with Crippen LogP contribution in [0.1, 0.15) is 142 Å². The molecule has 0 aromatic rings. The number of nitrogens with one attached hydrogen (secondary N) is 2. The summed E-state index contributed by atoms with van der Waals surface area (Å²) in [5, 5.41) is 8.96. The van der Waals surface area contributed by atoms with E-state index in [1.165, 1.54) is 20.8 Å². The summed E-state index contributed by atoms with van der Waals surface area (Å²) >= 11 is 0. The molecule has 3 fully saturated rings. The van der Waals surface area contributed by atoms with E-state index in [1.807, 2.05) is 5.01 Å². The lowest BCUT2D eigenvalue weighted by atomic mass is 9.80. The average molecular weight is 613 g/mol. The summed E-state index contributed by atoms with van der Waals surface area (Å²) in [5.41, 5.74) is -0.100. The number of hydrogen-bond donors (Lipinski definition) is 3. The van der Waals surface area contributed by atoms with Crippen LogP contribution in [-0.2, 0) is 28.6 Å². The first-order valence-corrected chi connectivity index (χ1v) is 15.7. The molecule has 0 aliphatic carbocycles. The van der Waals surface area contributed by atoms with Crippen molar-refractivity contribution in [3.8, 4) is 0 Å². The Kier molecular flexibility index (Phi) is 12.9. The third kappa shape index (κ3) is 14.3. The van der Waals surface area contributed by atoms with E-state index in [2.05, 4.69) is 93.7 Å². The summed E-state index contributed by atoms with van der Waals surface area (Å²) in [5.74, 6) is 5.51. The quantitative estimate of drug-likeness (QED) is 0.223. The van der Waals surface area contributed by atoms with Crippen LogP contribution in [0.25, 0.3) is 0 Å². The SMILES string of the molecule is CC(=O)OC1CC(C)(C)N(N)C(C)(C)C1.CC(=O)OC1CC(C)(C)NC(C)(C)C1.CC(=O)OC1CC(C)(C)NC(C)(C)C1. The second kappa shape index (κ2) is 14.1. The standard InChI is InChI=1S/C11H22N2O2.2C11H21NO2/c1-8(14)15-9-6-10(2,3)13(12)11(4,5)7-9;2*1-8(13)14-9-6-10(2,3)12-11(4,5)7-9/h9H,6-7,12H2,1-5H3;2*9,12H,6-7H2,1-5H3. The number of esters is 3. The Bertz CT molecular complexity index is 872. The van der Waals surface area contributed by atoms with Gasteiger partial charge in [-0.3, -0.25) is 20.2 Å². The van der Waals surface area contributed by atoms with E-state index in [0.29, 0.717) is 0 Å². The predicted octanol–water partition coefficient (Wildman–Crippen LogP) is 5.16. The summed E-state index contributed by atoms with van der Waals surface area (Å²) in [6.07, 6.45) is 5.20. The molecule has 252 valence electrons. The van der Waals surface area contributed by atoms with E-state index in [0.717, 1.165) is 38.5 Å². The Labute approximate surface area is 261 Å². The van der Waals surface area contributed by atoms with Crippen LogP contribution >= 0.6 is 0 Å².